The van der Waals surface area contributed by atoms with E-state index >= 15 is 0 Å². The Morgan fingerprint density at radius 3 is 2.70 bits per heavy atom. The summed E-state index contributed by atoms with van der Waals surface area (Å²) in [6, 6.07) is 16.0. The van der Waals surface area contributed by atoms with Crippen molar-refractivity contribution in [2.75, 3.05) is 7.11 Å². The largest absolute Gasteiger partial charge is 0.380 e. The summed E-state index contributed by atoms with van der Waals surface area (Å²) in [5.41, 5.74) is 7.00. The Kier molecular flexibility index (Phi) is 4.98. The lowest BCUT2D eigenvalue weighted by Gasteiger charge is -2.32. The van der Waals surface area contributed by atoms with Crippen molar-refractivity contribution in [3.63, 3.8) is 0 Å². The lowest BCUT2D eigenvalue weighted by Crippen LogP contribution is -2.41. The van der Waals surface area contributed by atoms with Crippen LogP contribution in [0.3, 0.4) is 0 Å². The van der Waals surface area contributed by atoms with E-state index < -0.39 is 0 Å². The van der Waals surface area contributed by atoms with E-state index in [1.165, 1.54) is 0 Å². The Morgan fingerprint density at radius 1 is 1.00 bits per heavy atom. The predicted octanol–water partition coefficient (Wildman–Crippen LogP) is 3.49. The third-order valence-electron chi connectivity index (χ3n) is 5.89. The molecule has 3 aromatic heterocycles. The minimum atomic E-state index is 0.00711. The summed E-state index contributed by atoms with van der Waals surface area (Å²) in [6.07, 6.45) is 6.21. The van der Waals surface area contributed by atoms with Crippen LogP contribution in [0.5, 0.6) is 0 Å². The summed E-state index contributed by atoms with van der Waals surface area (Å²) >= 11 is 0. The number of nitrogens with zero attached hydrogens (tertiary/aromatic N) is 5. The minimum Gasteiger partial charge on any atom is -0.380 e. The van der Waals surface area contributed by atoms with Gasteiger partial charge >= 0.3 is 0 Å². The van der Waals surface area contributed by atoms with Crippen molar-refractivity contribution in [3.8, 4) is 17.3 Å². The van der Waals surface area contributed by atoms with Crippen LogP contribution in [0.15, 0.2) is 60.9 Å². The molecule has 7 heteroatoms. The molecule has 3 atom stereocenters. The van der Waals surface area contributed by atoms with E-state index in [0.29, 0.717) is 5.82 Å². The van der Waals surface area contributed by atoms with Gasteiger partial charge in [0.2, 0.25) is 5.82 Å². The molecule has 1 aromatic carbocycles. The normalized spacial score (nSPS) is 21.7. The standard InChI is InChI=1S/C23H24N6O/c1-30-20-14-16(9-10-18(20)24)22-27-21(19-8-4-5-12-25-19)28-29(22)23-17-7-3-2-6-15(17)11-13-26-23/h2-8,11-13,16,18,20H,9-10,14,24H2,1H3/t16-,18+,20+/m0/s1. The van der Waals surface area contributed by atoms with Crippen LogP contribution in [-0.4, -0.2) is 44.0 Å². The van der Waals surface area contributed by atoms with Gasteiger partial charge in [-0.3, -0.25) is 4.98 Å². The molecule has 0 saturated heterocycles. The molecule has 7 nitrogen and oxygen atoms in total. The Hall–Kier alpha value is -3.16. The molecule has 3 heterocycles. The Labute approximate surface area is 174 Å². The first-order chi connectivity index (χ1) is 14.7. The van der Waals surface area contributed by atoms with Crippen LogP contribution in [-0.2, 0) is 4.74 Å². The van der Waals surface area contributed by atoms with Crippen LogP contribution in [0.4, 0.5) is 0 Å². The fraction of sp³-hybridized carbons (Fsp3) is 0.304. The topological polar surface area (TPSA) is 91.7 Å². The number of benzene rings is 1. The average molecular weight is 400 g/mol. The van der Waals surface area contributed by atoms with E-state index in [9.17, 15) is 0 Å². The molecule has 0 spiro atoms. The van der Waals surface area contributed by atoms with Crippen molar-refractivity contribution in [2.45, 2.75) is 37.3 Å². The van der Waals surface area contributed by atoms with Crippen molar-refractivity contribution >= 4 is 10.8 Å². The quantitative estimate of drug-likeness (QED) is 0.564. The van der Waals surface area contributed by atoms with E-state index in [4.69, 9.17) is 20.6 Å². The molecular weight excluding hydrogens is 376 g/mol. The first kappa shape index (κ1) is 18.8. The van der Waals surface area contributed by atoms with Gasteiger partial charge in [0.1, 0.15) is 11.5 Å². The van der Waals surface area contributed by atoms with Crippen molar-refractivity contribution in [3.05, 3.63) is 66.7 Å². The smallest absolute Gasteiger partial charge is 0.200 e. The maximum absolute atomic E-state index is 6.26. The Balaban J connectivity index is 1.66. The molecule has 0 amide bonds. The highest BCUT2D eigenvalue weighted by Crippen LogP contribution is 2.35. The van der Waals surface area contributed by atoms with Gasteiger partial charge in [0, 0.05) is 36.8 Å². The first-order valence-electron chi connectivity index (χ1n) is 10.3. The van der Waals surface area contributed by atoms with E-state index in [1.54, 1.807) is 13.3 Å². The van der Waals surface area contributed by atoms with Crippen LogP contribution in [0.1, 0.15) is 31.0 Å². The van der Waals surface area contributed by atoms with Crippen LogP contribution in [0.2, 0.25) is 0 Å². The van der Waals surface area contributed by atoms with Crippen molar-refractivity contribution in [1.82, 2.24) is 24.7 Å². The molecular formula is C23H24N6O. The molecule has 0 bridgehead atoms. The summed E-state index contributed by atoms with van der Waals surface area (Å²) in [6.45, 7) is 0. The highest BCUT2D eigenvalue weighted by Gasteiger charge is 2.33. The van der Waals surface area contributed by atoms with Crippen molar-refractivity contribution in [2.24, 2.45) is 5.73 Å². The zero-order valence-electron chi connectivity index (χ0n) is 16.8. The van der Waals surface area contributed by atoms with Crippen LogP contribution in [0, 0.1) is 0 Å². The van der Waals surface area contributed by atoms with Gasteiger partial charge in [0.25, 0.3) is 0 Å². The van der Waals surface area contributed by atoms with Gasteiger partial charge in [-0.1, -0.05) is 30.3 Å². The van der Waals surface area contributed by atoms with E-state index in [0.717, 1.165) is 47.4 Å². The van der Waals surface area contributed by atoms with Gasteiger partial charge in [-0.25, -0.2) is 9.97 Å². The molecule has 152 valence electrons. The Bertz CT molecular complexity index is 1150. The van der Waals surface area contributed by atoms with Gasteiger partial charge in [-0.15, -0.1) is 5.10 Å². The van der Waals surface area contributed by atoms with Crippen molar-refractivity contribution < 1.29 is 4.74 Å². The third-order valence-corrected chi connectivity index (χ3v) is 5.89. The number of pyridine rings is 2. The minimum absolute atomic E-state index is 0.00711. The summed E-state index contributed by atoms with van der Waals surface area (Å²) in [4.78, 5) is 14.1. The third kappa shape index (κ3) is 3.36. The monoisotopic (exact) mass is 400 g/mol. The van der Waals surface area contributed by atoms with Gasteiger partial charge in [0.15, 0.2) is 5.82 Å². The number of hydrogen-bond acceptors (Lipinski definition) is 6. The molecule has 1 fully saturated rings. The molecule has 4 aromatic rings. The summed E-state index contributed by atoms with van der Waals surface area (Å²) in [5.74, 6) is 2.44. The maximum atomic E-state index is 6.26. The summed E-state index contributed by atoms with van der Waals surface area (Å²) in [7, 11) is 1.73. The molecule has 0 unspecified atom stereocenters. The second kappa shape index (κ2) is 7.93. The molecule has 1 aliphatic rings. The fourth-order valence-corrected chi connectivity index (χ4v) is 4.28. The van der Waals surface area contributed by atoms with Crippen LogP contribution < -0.4 is 5.73 Å². The number of ether oxygens (including phenoxy) is 1. The second-order valence-electron chi connectivity index (χ2n) is 7.72. The lowest BCUT2D eigenvalue weighted by molar-refractivity contribution is 0.0459. The number of rotatable bonds is 4. The average Bonchev–Trinajstić information content (AvgIpc) is 3.25. The molecule has 1 saturated carbocycles. The predicted molar refractivity (Wildman–Crippen MR) is 115 cm³/mol. The fourth-order valence-electron chi connectivity index (χ4n) is 4.28. The van der Waals surface area contributed by atoms with E-state index in [-0.39, 0.29) is 18.1 Å². The highest BCUT2D eigenvalue weighted by molar-refractivity contribution is 5.88. The van der Waals surface area contributed by atoms with Gasteiger partial charge in [0.05, 0.1) is 6.10 Å². The second-order valence-corrected chi connectivity index (χ2v) is 7.72. The van der Waals surface area contributed by atoms with Crippen LogP contribution >= 0.6 is 0 Å². The zero-order chi connectivity index (χ0) is 20.5. The van der Waals surface area contributed by atoms with Crippen molar-refractivity contribution in [1.29, 1.82) is 0 Å². The molecule has 0 radical (unpaired) electrons. The van der Waals surface area contributed by atoms with E-state index in [1.807, 2.05) is 47.3 Å². The van der Waals surface area contributed by atoms with Crippen LogP contribution in [0.25, 0.3) is 28.1 Å². The number of aromatic nitrogens is 5. The number of methoxy groups -OCH3 is 1. The number of hydrogen-bond donors (Lipinski definition) is 1. The summed E-state index contributed by atoms with van der Waals surface area (Å²) < 4.78 is 7.54. The lowest BCUT2D eigenvalue weighted by atomic mass is 9.83. The Morgan fingerprint density at radius 2 is 1.87 bits per heavy atom. The molecule has 30 heavy (non-hydrogen) atoms. The van der Waals surface area contributed by atoms with E-state index in [2.05, 4.69) is 22.1 Å². The zero-order valence-corrected chi connectivity index (χ0v) is 16.8. The van der Waals surface area contributed by atoms with Gasteiger partial charge < -0.3 is 10.5 Å². The SMILES string of the molecule is CO[C@@H]1C[C@@H](c2nc(-c3ccccn3)nn2-c2nccc3ccccc23)CC[C@H]1N. The molecule has 5 rings (SSSR count). The molecule has 1 aliphatic carbocycles. The first-order valence-corrected chi connectivity index (χ1v) is 10.3. The molecule has 2 N–H and O–H groups in total. The maximum Gasteiger partial charge on any atom is 0.200 e. The number of nitrogens with two attached hydrogens (primary N) is 1. The highest BCUT2D eigenvalue weighted by atomic mass is 16.5. The number of fused-ring (bicyclic) bond motifs is 1. The van der Waals surface area contributed by atoms with Gasteiger partial charge in [-0.2, -0.15) is 4.68 Å². The molecule has 0 aliphatic heterocycles. The van der Waals surface area contributed by atoms with Gasteiger partial charge in [-0.05, 0) is 42.8 Å². The summed E-state index contributed by atoms with van der Waals surface area (Å²) in [5, 5.41) is 7.01.